The van der Waals surface area contributed by atoms with Gasteiger partial charge in [-0.3, -0.25) is 9.63 Å². The first-order chi connectivity index (χ1) is 9.32. The van der Waals surface area contributed by atoms with E-state index in [4.69, 9.17) is 19.0 Å². The van der Waals surface area contributed by atoms with Gasteiger partial charge in [-0.2, -0.15) is 0 Å². The minimum atomic E-state index is -0.476. The van der Waals surface area contributed by atoms with Gasteiger partial charge in [0.15, 0.2) is 11.5 Å². The number of hydrogen-bond acceptors (Lipinski definition) is 5. The smallest absolute Gasteiger partial charge is 0.275 e. The predicted octanol–water partition coefficient (Wildman–Crippen LogP) is 2.17. The highest BCUT2D eigenvalue weighted by molar-refractivity contribution is 5.95. The van der Waals surface area contributed by atoms with Crippen molar-refractivity contribution in [3.8, 4) is 17.2 Å². The first kappa shape index (κ1) is 16.1. The number of hydroxylamine groups is 1. The molecule has 0 saturated carbocycles. The second kappa shape index (κ2) is 6.47. The number of carbonyl (C=O) groups is 1. The van der Waals surface area contributed by atoms with E-state index >= 15 is 0 Å². The normalized spacial score (nSPS) is 10.9. The van der Waals surface area contributed by atoms with Crippen molar-refractivity contribution >= 4 is 5.91 Å². The summed E-state index contributed by atoms with van der Waals surface area (Å²) in [6.07, 6.45) is 0. The maximum Gasteiger partial charge on any atom is 0.275 e. The SMILES string of the molecule is COc1cc(C(=O)NOC(C)(C)C)cc(OC)c1OC. The zero-order valence-electron chi connectivity index (χ0n) is 12.7. The summed E-state index contributed by atoms with van der Waals surface area (Å²) in [7, 11) is 4.48. The largest absolute Gasteiger partial charge is 0.493 e. The quantitative estimate of drug-likeness (QED) is 0.839. The Kier molecular flexibility index (Phi) is 5.21. The number of nitrogens with one attached hydrogen (secondary N) is 1. The van der Waals surface area contributed by atoms with Gasteiger partial charge < -0.3 is 14.2 Å². The molecule has 0 aliphatic rings. The highest BCUT2D eigenvalue weighted by Crippen LogP contribution is 2.38. The fraction of sp³-hybridized carbons (Fsp3) is 0.500. The zero-order valence-corrected chi connectivity index (χ0v) is 12.7. The molecule has 0 unspecified atom stereocenters. The van der Waals surface area contributed by atoms with Gasteiger partial charge in [-0.15, -0.1) is 0 Å². The van der Waals surface area contributed by atoms with Gasteiger partial charge >= 0.3 is 0 Å². The summed E-state index contributed by atoms with van der Waals surface area (Å²) in [6.45, 7) is 5.51. The highest BCUT2D eigenvalue weighted by atomic mass is 16.7. The van der Waals surface area contributed by atoms with Crippen molar-refractivity contribution in [2.75, 3.05) is 21.3 Å². The minimum absolute atomic E-state index is 0.351. The summed E-state index contributed by atoms with van der Waals surface area (Å²) in [4.78, 5) is 17.3. The fourth-order valence-corrected chi connectivity index (χ4v) is 1.47. The lowest BCUT2D eigenvalue weighted by Gasteiger charge is -2.19. The second-order valence-electron chi connectivity index (χ2n) is 5.06. The van der Waals surface area contributed by atoms with Gasteiger partial charge in [-0.25, -0.2) is 5.48 Å². The molecule has 112 valence electrons. The standard InChI is InChI=1S/C14H21NO5/c1-14(2,3)20-15-13(16)9-7-10(17-4)12(19-6)11(8-9)18-5/h7-8H,1-6H3,(H,15,16). The van der Waals surface area contributed by atoms with Crippen LogP contribution in [0.5, 0.6) is 17.2 Å². The molecule has 0 fully saturated rings. The molecule has 1 aromatic rings. The van der Waals surface area contributed by atoms with Gasteiger partial charge in [0.2, 0.25) is 5.75 Å². The molecular weight excluding hydrogens is 262 g/mol. The Labute approximate surface area is 118 Å². The fourth-order valence-electron chi connectivity index (χ4n) is 1.47. The molecule has 1 rings (SSSR count). The zero-order chi connectivity index (χ0) is 15.3. The Morgan fingerprint density at radius 2 is 1.50 bits per heavy atom. The van der Waals surface area contributed by atoms with Gasteiger partial charge in [0, 0.05) is 5.56 Å². The Bertz CT molecular complexity index is 454. The van der Waals surface area contributed by atoms with Crippen LogP contribution < -0.4 is 19.7 Å². The Balaban J connectivity index is 3.04. The lowest BCUT2D eigenvalue weighted by atomic mass is 10.1. The van der Waals surface area contributed by atoms with Crippen LogP contribution in [0.1, 0.15) is 31.1 Å². The summed E-state index contributed by atoms with van der Waals surface area (Å²) in [5, 5.41) is 0. The average Bonchev–Trinajstić information content (AvgIpc) is 2.42. The summed E-state index contributed by atoms with van der Waals surface area (Å²) >= 11 is 0. The van der Waals surface area contributed by atoms with Gasteiger partial charge in [0.1, 0.15) is 0 Å². The molecule has 0 aliphatic carbocycles. The first-order valence-corrected chi connectivity index (χ1v) is 6.10. The van der Waals surface area contributed by atoms with Crippen LogP contribution in [0, 0.1) is 0 Å². The molecule has 20 heavy (non-hydrogen) atoms. The third-order valence-electron chi connectivity index (χ3n) is 2.38. The summed E-state index contributed by atoms with van der Waals surface area (Å²) in [6, 6.07) is 3.12. The van der Waals surface area contributed by atoms with E-state index < -0.39 is 5.60 Å². The minimum Gasteiger partial charge on any atom is -0.493 e. The van der Waals surface area contributed by atoms with Crippen LogP contribution in [0.3, 0.4) is 0 Å². The van der Waals surface area contributed by atoms with Gasteiger partial charge in [0.25, 0.3) is 5.91 Å². The van der Waals surface area contributed by atoms with Crippen molar-refractivity contribution in [3.05, 3.63) is 17.7 Å². The highest BCUT2D eigenvalue weighted by Gasteiger charge is 2.19. The van der Waals surface area contributed by atoms with E-state index in [1.165, 1.54) is 21.3 Å². The van der Waals surface area contributed by atoms with Crippen LogP contribution in [-0.4, -0.2) is 32.8 Å². The molecule has 0 saturated heterocycles. The molecule has 0 radical (unpaired) electrons. The van der Waals surface area contributed by atoms with Crippen LogP contribution in [-0.2, 0) is 4.84 Å². The van der Waals surface area contributed by atoms with E-state index in [2.05, 4.69) is 5.48 Å². The number of rotatable bonds is 5. The van der Waals surface area contributed by atoms with Crippen LogP contribution in [0.15, 0.2) is 12.1 Å². The molecule has 6 heteroatoms. The average molecular weight is 283 g/mol. The van der Waals surface area contributed by atoms with Crippen molar-refractivity contribution in [2.45, 2.75) is 26.4 Å². The van der Waals surface area contributed by atoms with E-state index in [1.807, 2.05) is 20.8 Å². The van der Waals surface area contributed by atoms with Crippen molar-refractivity contribution < 1.29 is 23.8 Å². The van der Waals surface area contributed by atoms with Crippen LogP contribution in [0.2, 0.25) is 0 Å². The van der Waals surface area contributed by atoms with Crippen molar-refractivity contribution in [3.63, 3.8) is 0 Å². The van der Waals surface area contributed by atoms with Crippen molar-refractivity contribution in [2.24, 2.45) is 0 Å². The van der Waals surface area contributed by atoms with Crippen molar-refractivity contribution in [1.29, 1.82) is 0 Å². The van der Waals surface area contributed by atoms with Crippen LogP contribution in [0.25, 0.3) is 0 Å². The van der Waals surface area contributed by atoms with E-state index in [0.717, 1.165) is 0 Å². The van der Waals surface area contributed by atoms with Gasteiger partial charge in [-0.1, -0.05) is 0 Å². The summed E-state index contributed by atoms with van der Waals surface area (Å²) < 4.78 is 15.6. The second-order valence-corrected chi connectivity index (χ2v) is 5.06. The van der Waals surface area contributed by atoms with Crippen molar-refractivity contribution in [1.82, 2.24) is 5.48 Å². The maximum atomic E-state index is 12.0. The number of amides is 1. The topological polar surface area (TPSA) is 66.0 Å². The number of benzene rings is 1. The molecule has 0 spiro atoms. The number of carbonyl (C=O) groups excluding carboxylic acids is 1. The molecule has 6 nitrogen and oxygen atoms in total. The molecule has 1 amide bonds. The third-order valence-corrected chi connectivity index (χ3v) is 2.38. The molecule has 0 atom stereocenters. The van der Waals surface area contributed by atoms with E-state index in [1.54, 1.807) is 12.1 Å². The van der Waals surface area contributed by atoms with Crippen LogP contribution >= 0.6 is 0 Å². The predicted molar refractivity (Wildman–Crippen MR) is 74.4 cm³/mol. The number of hydrogen-bond donors (Lipinski definition) is 1. The first-order valence-electron chi connectivity index (χ1n) is 6.10. The Morgan fingerprint density at radius 3 is 1.85 bits per heavy atom. The third kappa shape index (κ3) is 4.03. The van der Waals surface area contributed by atoms with E-state index in [0.29, 0.717) is 22.8 Å². The summed E-state index contributed by atoms with van der Waals surface area (Å²) in [5.41, 5.74) is 2.26. The van der Waals surface area contributed by atoms with Gasteiger partial charge in [0.05, 0.1) is 26.9 Å². The monoisotopic (exact) mass is 283 g/mol. The maximum absolute atomic E-state index is 12.0. The van der Waals surface area contributed by atoms with E-state index in [-0.39, 0.29) is 5.91 Å². The molecule has 0 bridgehead atoms. The number of methoxy groups -OCH3 is 3. The molecule has 0 aliphatic heterocycles. The van der Waals surface area contributed by atoms with Gasteiger partial charge in [-0.05, 0) is 32.9 Å². The van der Waals surface area contributed by atoms with Crippen LogP contribution in [0.4, 0.5) is 0 Å². The Morgan fingerprint density at radius 1 is 1.00 bits per heavy atom. The molecular formula is C14H21NO5. The Hall–Kier alpha value is -1.95. The summed E-state index contributed by atoms with van der Waals surface area (Å²) in [5.74, 6) is 0.864. The molecule has 0 heterocycles. The molecule has 1 aromatic carbocycles. The molecule has 1 N–H and O–H groups in total. The lowest BCUT2D eigenvalue weighted by molar-refractivity contribution is -0.0589. The lowest BCUT2D eigenvalue weighted by Crippen LogP contribution is -2.33. The number of ether oxygens (including phenoxy) is 3. The molecule has 0 aromatic heterocycles. The van der Waals surface area contributed by atoms with E-state index in [9.17, 15) is 4.79 Å².